The van der Waals surface area contributed by atoms with Crippen molar-refractivity contribution in [3.63, 3.8) is 0 Å². The molecule has 0 aromatic heterocycles. The second-order valence-electron chi connectivity index (χ2n) is 1.25. The van der Waals surface area contributed by atoms with Crippen LogP contribution in [0.3, 0.4) is 0 Å². The van der Waals surface area contributed by atoms with E-state index in [-0.39, 0.29) is 75.4 Å². The number of Topliss-reactive ketones (excluding diaryl/α,β-unsaturated/α-hetero) is 1. The number of ketones is 1. The van der Waals surface area contributed by atoms with E-state index in [1.165, 1.54) is 0 Å². The van der Waals surface area contributed by atoms with Crippen LogP contribution in [0.1, 0.15) is 26.7 Å². The first kappa shape index (κ1) is 16.6. The van der Waals surface area contributed by atoms with Gasteiger partial charge in [0.1, 0.15) is 5.78 Å². The van der Waals surface area contributed by atoms with Gasteiger partial charge in [-0.2, -0.15) is 0 Å². The van der Waals surface area contributed by atoms with Crippen molar-refractivity contribution in [2.45, 2.75) is 26.7 Å². The van der Waals surface area contributed by atoms with Crippen LogP contribution in [0.2, 0.25) is 0 Å². The van der Waals surface area contributed by atoms with Crippen molar-refractivity contribution in [1.29, 1.82) is 0 Å². The Morgan fingerprint density at radius 3 is 1.50 bits per heavy atom. The van der Waals surface area contributed by atoms with E-state index in [1.807, 2.05) is 13.8 Å². The summed E-state index contributed by atoms with van der Waals surface area (Å²) in [5.74, 6) is 0.343. The normalized spacial score (nSPS) is 6.25. The predicted molar refractivity (Wildman–Crippen MR) is 25.6 cm³/mol. The number of hydrogen-bond acceptors (Lipinski definition) is 1. The molecule has 0 fully saturated rings. The largest absolute Gasteiger partial charge is 1.00 e. The zero-order valence-corrected chi connectivity index (χ0v) is 11.0. The maximum Gasteiger partial charge on any atom is 1.00 e. The second-order valence-corrected chi connectivity index (χ2v) is 1.25. The molecule has 0 N–H and O–H groups in total. The summed E-state index contributed by atoms with van der Waals surface area (Å²) in [7, 11) is 0. The Kier molecular flexibility index (Phi) is 24.4. The van der Waals surface area contributed by atoms with Gasteiger partial charge in [-0.25, -0.2) is 0 Å². The van der Waals surface area contributed by atoms with Gasteiger partial charge >= 0.3 is 51.4 Å². The summed E-state index contributed by atoms with van der Waals surface area (Å²) in [6, 6.07) is 0. The number of carbonyl (C=O) groups excluding carboxylic acids is 1. The number of rotatable bonds is 2. The van der Waals surface area contributed by atoms with Gasteiger partial charge in [0, 0.05) is 12.8 Å². The molecule has 0 aliphatic heterocycles. The van der Waals surface area contributed by atoms with E-state index in [1.54, 1.807) is 0 Å². The first-order chi connectivity index (χ1) is 2.81. The van der Waals surface area contributed by atoms with Crippen molar-refractivity contribution in [1.82, 2.24) is 0 Å². The van der Waals surface area contributed by atoms with Crippen LogP contribution in [0.15, 0.2) is 0 Å². The number of halogens is 1. The Morgan fingerprint density at radius 1 is 1.25 bits per heavy atom. The number of hydrogen-bond donors (Lipinski definition) is 0. The molecule has 0 saturated heterocycles. The third-order valence-electron chi connectivity index (χ3n) is 0.789. The maximum absolute atomic E-state index is 10.2. The molecule has 0 aliphatic rings. The number of carbonyl (C=O) groups is 1. The molecule has 0 rings (SSSR count). The molecule has 0 saturated carbocycles. The van der Waals surface area contributed by atoms with Gasteiger partial charge < -0.3 is 24.0 Å². The SMILES string of the molecule is CCC(=O)CC.[I-].[K+]. The van der Waals surface area contributed by atoms with Gasteiger partial charge in [-0.05, 0) is 0 Å². The summed E-state index contributed by atoms with van der Waals surface area (Å²) in [4.78, 5) is 10.2. The summed E-state index contributed by atoms with van der Waals surface area (Å²) >= 11 is 0. The topological polar surface area (TPSA) is 17.1 Å². The van der Waals surface area contributed by atoms with Gasteiger partial charge in [-0.3, -0.25) is 4.79 Å². The van der Waals surface area contributed by atoms with E-state index < -0.39 is 0 Å². The molecule has 0 unspecified atom stereocenters. The minimum atomic E-state index is 0. The van der Waals surface area contributed by atoms with E-state index in [4.69, 9.17) is 0 Å². The molecular formula is C5H10IKO. The molecule has 0 aliphatic carbocycles. The van der Waals surface area contributed by atoms with Gasteiger partial charge in [-0.1, -0.05) is 13.8 Å². The van der Waals surface area contributed by atoms with Crippen LogP contribution in [-0.2, 0) is 4.79 Å². The Hall–Kier alpha value is 2.04. The van der Waals surface area contributed by atoms with Crippen molar-refractivity contribution < 1.29 is 80.2 Å². The summed E-state index contributed by atoms with van der Waals surface area (Å²) in [6.45, 7) is 3.76. The monoisotopic (exact) mass is 252 g/mol. The first-order valence-corrected chi connectivity index (χ1v) is 2.33. The van der Waals surface area contributed by atoms with Crippen LogP contribution in [0, 0.1) is 0 Å². The Morgan fingerprint density at radius 2 is 1.50 bits per heavy atom. The molecule has 0 amide bonds. The van der Waals surface area contributed by atoms with Gasteiger partial charge in [0.2, 0.25) is 0 Å². The van der Waals surface area contributed by atoms with E-state index in [2.05, 4.69) is 0 Å². The fraction of sp³-hybridized carbons (Fsp3) is 0.800. The maximum atomic E-state index is 10.2. The molecule has 0 aromatic rings. The van der Waals surface area contributed by atoms with Crippen LogP contribution >= 0.6 is 0 Å². The molecule has 3 heteroatoms. The Labute approximate surface area is 110 Å². The predicted octanol–water partition coefficient (Wildman–Crippen LogP) is -4.62. The average Bonchev–Trinajstić information content (AvgIpc) is 1.65. The Bertz CT molecular complexity index is 50.4. The van der Waals surface area contributed by atoms with Crippen molar-refractivity contribution in [3.05, 3.63) is 0 Å². The third kappa shape index (κ3) is 10.9. The standard InChI is InChI=1S/C5H10O.HI.K/c1-3-5(6)4-2;;/h3-4H2,1-2H3;1H;/q;;+1/p-1. The summed E-state index contributed by atoms with van der Waals surface area (Å²) in [6.07, 6.45) is 1.38. The minimum absolute atomic E-state index is 0. The molecule has 0 spiro atoms. The van der Waals surface area contributed by atoms with E-state index in [9.17, 15) is 4.79 Å². The van der Waals surface area contributed by atoms with Gasteiger partial charge in [0.05, 0.1) is 0 Å². The molecule has 44 valence electrons. The minimum Gasteiger partial charge on any atom is -1.00 e. The van der Waals surface area contributed by atoms with Crippen molar-refractivity contribution >= 4 is 5.78 Å². The molecule has 0 radical (unpaired) electrons. The third-order valence-corrected chi connectivity index (χ3v) is 0.789. The molecule has 0 atom stereocenters. The summed E-state index contributed by atoms with van der Waals surface area (Å²) < 4.78 is 0. The van der Waals surface area contributed by atoms with Crippen LogP contribution in [-0.4, -0.2) is 5.78 Å². The van der Waals surface area contributed by atoms with Crippen LogP contribution in [0.4, 0.5) is 0 Å². The fourth-order valence-corrected chi connectivity index (χ4v) is 0.250. The quantitative estimate of drug-likeness (QED) is 0.357. The van der Waals surface area contributed by atoms with Gasteiger partial charge in [0.25, 0.3) is 0 Å². The van der Waals surface area contributed by atoms with Crippen LogP contribution in [0.5, 0.6) is 0 Å². The van der Waals surface area contributed by atoms with Crippen molar-refractivity contribution in [3.8, 4) is 0 Å². The van der Waals surface area contributed by atoms with E-state index >= 15 is 0 Å². The molecular weight excluding hydrogens is 242 g/mol. The summed E-state index contributed by atoms with van der Waals surface area (Å²) in [5, 5.41) is 0. The average molecular weight is 252 g/mol. The first-order valence-electron chi connectivity index (χ1n) is 2.33. The van der Waals surface area contributed by atoms with Crippen LogP contribution < -0.4 is 75.4 Å². The molecule has 0 bridgehead atoms. The molecule has 0 heterocycles. The molecule has 0 aromatic carbocycles. The van der Waals surface area contributed by atoms with Gasteiger partial charge in [-0.15, -0.1) is 0 Å². The molecule has 1 nitrogen and oxygen atoms in total. The van der Waals surface area contributed by atoms with Gasteiger partial charge in [0.15, 0.2) is 0 Å². The van der Waals surface area contributed by atoms with Crippen molar-refractivity contribution in [2.75, 3.05) is 0 Å². The smallest absolute Gasteiger partial charge is 1.00 e. The van der Waals surface area contributed by atoms with Crippen LogP contribution in [0.25, 0.3) is 0 Å². The zero-order valence-electron chi connectivity index (χ0n) is 5.70. The van der Waals surface area contributed by atoms with Crippen molar-refractivity contribution in [2.24, 2.45) is 0 Å². The summed E-state index contributed by atoms with van der Waals surface area (Å²) in [5.41, 5.74) is 0. The molecule has 8 heavy (non-hydrogen) atoms. The zero-order chi connectivity index (χ0) is 4.99. The Balaban J connectivity index is -0.000000125. The van der Waals surface area contributed by atoms with E-state index in [0.29, 0.717) is 18.6 Å². The van der Waals surface area contributed by atoms with E-state index in [0.717, 1.165) is 0 Å². The fourth-order valence-electron chi connectivity index (χ4n) is 0.250. The second kappa shape index (κ2) is 11.8.